The Balaban J connectivity index is 1.46. The number of hydrogen-bond donors (Lipinski definition) is 1. The first kappa shape index (κ1) is 15.1. The normalized spacial score (nSPS) is 21.5. The van der Waals surface area contributed by atoms with Crippen molar-refractivity contribution in [1.82, 2.24) is 9.78 Å². The zero-order valence-electron chi connectivity index (χ0n) is 12.4. The quantitative estimate of drug-likeness (QED) is 0.914. The Labute approximate surface area is 135 Å². The highest BCUT2D eigenvalue weighted by atomic mass is 35.5. The van der Waals surface area contributed by atoms with E-state index < -0.39 is 0 Å². The Morgan fingerprint density at radius 3 is 2.59 bits per heavy atom. The summed E-state index contributed by atoms with van der Waals surface area (Å²) in [4.78, 5) is 12.1. The summed E-state index contributed by atoms with van der Waals surface area (Å²) in [5.41, 5.74) is 0.805. The first-order chi connectivity index (χ1) is 10.7. The summed E-state index contributed by atoms with van der Waals surface area (Å²) in [7, 11) is 0. The molecule has 4 nitrogen and oxygen atoms in total. The van der Waals surface area contributed by atoms with Gasteiger partial charge in [0.2, 0.25) is 5.91 Å². The molecule has 1 saturated carbocycles. The highest BCUT2D eigenvalue weighted by molar-refractivity contribution is 6.30. The van der Waals surface area contributed by atoms with Gasteiger partial charge in [-0.2, -0.15) is 5.10 Å². The van der Waals surface area contributed by atoms with Crippen molar-refractivity contribution in [1.29, 1.82) is 0 Å². The van der Waals surface area contributed by atoms with Crippen molar-refractivity contribution in [3.05, 3.63) is 47.7 Å². The number of nitrogens with one attached hydrogen (secondary N) is 1. The highest BCUT2D eigenvalue weighted by Crippen LogP contribution is 2.33. The topological polar surface area (TPSA) is 46.9 Å². The Morgan fingerprint density at radius 1 is 1.23 bits per heavy atom. The molecule has 1 fully saturated rings. The molecule has 5 heteroatoms. The number of anilines is 1. The second-order valence-corrected chi connectivity index (χ2v) is 6.36. The fourth-order valence-corrected chi connectivity index (χ4v) is 3.24. The van der Waals surface area contributed by atoms with Crippen LogP contribution in [0.5, 0.6) is 0 Å². The fraction of sp³-hybridized carbons (Fsp3) is 0.412. The van der Waals surface area contributed by atoms with Gasteiger partial charge in [0, 0.05) is 29.5 Å². The lowest BCUT2D eigenvalue weighted by atomic mass is 9.84. The zero-order valence-corrected chi connectivity index (χ0v) is 13.2. The lowest BCUT2D eigenvalue weighted by Gasteiger charge is -2.28. The van der Waals surface area contributed by atoms with Crippen LogP contribution >= 0.6 is 11.6 Å². The maximum Gasteiger partial charge on any atom is 0.224 e. The molecular formula is C17H20ClN3O. The van der Waals surface area contributed by atoms with Gasteiger partial charge in [-0.3, -0.25) is 9.48 Å². The molecule has 0 bridgehead atoms. The van der Waals surface area contributed by atoms with E-state index in [0.717, 1.165) is 31.4 Å². The standard InChI is InChI=1S/C17H20ClN3O/c18-14-4-6-15(7-5-14)20-17(22)12-13-2-8-16(9-3-13)21-11-1-10-19-21/h1,4-7,10-11,13,16H,2-3,8-9,12H2,(H,20,22)/t13-,16-. The van der Waals surface area contributed by atoms with Gasteiger partial charge >= 0.3 is 0 Å². The number of carbonyl (C=O) groups excluding carboxylic acids is 1. The number of hydrogen-bond acceptors (Lipinski definition) is 2. The average molecular weight is 318 g/mol. The first-order valence-electron chi connectivity index (χ1n) is 7.75. The summed E-state index contributed by atoms with van der Waals surface area (Å²) in [5, 5.41) is 7.93. The van der Waals surface area contributed by atoms with E-state index in [4.69, 9.17) is 11.6 Å². The van der Waals surface area contributed by atoms with E-state index in [-0.39, 0.29) is 5.91 Å². The van der Waals surface area contributed by atoms with Gasteiger partial charge in [-0.1, -0.05) is 11.6 Å². The van der Waals surface area contributed by atoms with Crippen molar-refractivity contribution < 1.29 is 4.79 Å². The molecule has 0 saturated heterocycles. The molecule has 2 aromatic rings. The van der Waals surface area contributed by atoms with Crippen molar-refractivity contribution in [2.24, 2.45) is 5.92 Å². The van der Waals surface area contributed by atoms with Gasteiger partial charge in [-0.25, -0.2) is 0 Å². The van der Waals surface area contributed by atoms with E-state index >= 15 is 0 Å². The molecule has 22 heavy (non-hydrogen) atoms. The number of halogens is 1. The van der Waals surface area contributed by atoms with Crippen molar-refractivity contribution in [3.8, 4) is 0 Å². The highest BCUT2D eigenvalue weighted by Gasteiger charge is 2.24. The molecule has 0 radical (unpaired) electrons. The molecule has 1 aliphatic carbocycles. The molecule has 1 aliphatic rings. The van der Waals surface area contributed by atoms with E-state index in [1.807, 2.05) is 35.3 Å². The van der Waals surface area contributed by atoms with Crippen LogP contribution < -0.4 is 5.32 Å². The minimum absolute atomic E-state index is 0.0878. The molecule has 1 aromatic carbocycles. The molecule has 0 unspecified atom stereocenters. The van der Waals surface area contributed by atoms with Gasteiger partial charge in [0.1, 0.15) is 0 Å². The van der Waals surface area contributed by atoms with Crippen LogP contribution in [0.1, 0.15) is 38.1 Å². The lowest BCUT2D eigenvalue weighted by molar-refractivity contribution is -0.117. The fourth-order valence-electron chi connectivity index (χ4n) is 3.12. The number of aromatic nitrogens is 2. The summed E-state index contributed by atoms with van der Waals surface area (Å²) in [6.07, 6.45) is 8.80. The molecule has 1 heterocycles. The summed E-state index contributed by atoms with van der Waals surface area (Å²) < 4.78 is 2.05. The van der Waals surface area contributed by atoms with E-state index in [1.54, 1.807) is 12.1 Å². The molecule has 1 N–H and O–H groups in total. The predicted molar refractivity (Wildman–Crippen MR) is 87.9 cm³/mol. The van der Waals surface area contributed by atoms with E-state index in [1.165, 1.54) is 0 Å². The van der Waals surface area contributed by atoms with Gasteiger partial charge in [0.15, 0.2) is 0 Å². The van der Waals surface area contributed by atoms with Crippen LogP contribution in [-0.2, 0) is 4.79 Å². The predicted octanol–water partition coefficient (Wildman–Crippen LogP) is 4.30. The SMILES string of the molecule is O=C(C[C@H]1CC[C@H](n2cccn2)CC1)Nc1ccc(Cl)cc1. The zero-order chi connectivity index (χ0) is 15.4. The monoisotopic (exact) mass is 317 g/mol. The van der Waals surface area contributed by atoms with Crippen LogP contribution in [0.3, 0.4) is 0 Å². The van der Waals surface area contributed by atoms with E-state index in [2.05, 4.69) is 10.4 Å². The first-order valence-corrected chi connectivity index (χ1v) is 8.13. The lowest BCUT2D eigenvalue weighted by Crippen LogP contribution is -2.22. The summed E-state index contributed by atoms with van der Waals surface area (Å²) >= 11 is 5.84. The van der Waals surface area contributed by atoms with Crippen LogP contribution in [0.4, 0.5) is 5.69 Å². The number of carbonyl (C=O) groups is 1. The van der Waals surface area contributed by atoms with Gasteiger partial charge < -0.3 is 5.32 Å². The molecule has 3 rings (SSSR count). The second kappa shape index (κ2) is 6.97. The Kier molecular flexibility index (Phi) is 4.78. The number of amides is 1. The van der Waals surface area contributed by atoms with Gasteiger partial charge in [0.05, 0.1) is 6.04 Å². The molecule has 0 spiro atoms. The third-order valence-electron chi connectivity index (χ3n) is 4.32. The average Bonchev–Trinajstić information content (AvgIpc) is 3.05. The molecule has 0 atom stereocenters. The number of nitrogens with zero attached hydrogens (tertiary/aromatic N) is 2. The van der Waals surface area contributed by atoms with Crippen LogP contribution in [0.15, 0.2) is 42.7 Å². The van der Waals surface area contributed by atoms with E-state index in [0.29, 0.717) is 23.4 Å². The van der Waals surface area contributed by atoms with Crippen molar-refractivity contribution in [2.75, 3.05) is 5.32 Å². The van der Waals surface area contributed by atoms with Crippen LogP contribution in [0, 0.1) is 5.92 Å². The maximum atomic E-state index is 12.1. The van der Waals surface area contributed by atoms with Crippen molar-refractivity contribution >= 4 is 23.2 Å². The summed E-state index contributed by atoms with van der Waals surface area (Å²) in [5.74, 6) is 0.559. The molecule has 0 aliphatic heterocycles. The Hall–Kier alpha value is -1.81. The smallest absolute Gasteiger partial charge is 0.224 e. The van der Waals surface area contributed by atoms with Crippen LogP contribution in [0.2, 0.25) is 5.02 Å². The molecule has 1 amide bonds. The van der Waals surface area contributed by atoms with Gasteiger partial charge in [-0.05, 0) is 61.9 Å². The molecule has 1 aromatic heterocycles. The summed E-state index contributed by atoms with van der Waals surface area (Å²) in [6.45, 7) is 0. The van der Waals surface area contributed by atoms with E-state index in [9.17, 15) is 4.79 Å². The van der Waals surface area contributed by atoms with Crippen molar-refractivity contribution in [3.63, 3.8) is 0 Å². The Bertz CT molecular complexity index is 601. The summed E-state index contributed by atoms with van der Waals surface area (Å²) in [6, 6.07) is 9.68. The third-order valence-corrected chi connectivity index (χ3v) is 4.57. The van der Waals surface area contributed by atoms with Gasteiger partial charge in [0.25, 0.3) is 0 Å². The van der Waals surface area contributed by atoms with Crippen LogP contribution in [0.25, 0.3) is 0 Å². The number of rotatable bonds is 4. The molecule has 116 valence electrons. The minimum atomic E-state index is 0.0878. The van der Waals surface area contributed by atoms with Crippen molar-refractivity contribution in [2.45, 2.75) is 38.1 Å². The largest absolute Gasteiger partial charge is 0.326 e. The molecular weight excluding hydrogens is 298 g/mol. The van der Waals surface area contributed by atoms with Gasteiger partial charge in [-0.15, -0.1) is 0 Å². The van der Waals surface area contributed by atoms with Crippen LogP contribution in [-0.4, -0.2) is 15.7 Å². The number of benzene rings is 1. The third kappa shape index (κ3) is 3.89. The maximum absolute atomic E-state index is 12.1. The second-order valence-electron chi connectivity index (χ2n) is 5.92. The Morgan fingerprint density at radius 2 is 1.95 bits per heavy atom. The minimum Gasteiger partial charge on any atom is -0.326 e.